The van der Waals surface area contributed by atoms with Gasteiger partial charge in [0.1, 0.15) is 11.6 Å². The lowest BCUT2D eigenvalue weighted by molar-refractivity contribution is -0.124. The highest BCUT2D eigenvalue weighted by molar-refractivity contribution is 5.83. The molecule has 0 saturated carbocycles. The van der Waals surface area contributed by atoms with Gasteiger partial charge in [0.15, 0.2) is 0 Å². The summed E-state index contributed by atoms with van der Waals surface area (Å²) >= 11 is 0. The first-order valence-corrected chi connectivity index (χ1v) is 8.59. The van der Waals surface area contributed by atoms with E-state index in [0.717, 1.165) is 6.54 Å². The molecule has 0 spiro atoms. The lowest BCUT2D eigenvalue weighted by atomic mass is 10.1. The average molecular weight is 346 g/mol. The fourth-order valence-electron chi connectivity index (χ4n) is 1.84. The Balaban J connectivity index is 3.65. The second-order valence-corrected chi connectivity index (χ2v) is 5.97. The molecule has 0 aliphatic rings. The van der Waals surface area contributed by atoms with Crippen molar-refractivity contribution < 1.29 is 23.8 Å². The van der Waals surface area contributed by atoms with Gasteiger partial charge < -0.3 is 19.5 Å². The highest BCUT2D eigenvalue weighted by Gasteiger charge is 2.14. The SMILES string of the molecule is CNCCOCCOCCOCCN(CC(C)=O)CC(=O)C(C)C. The van der Waals surface area contributed by atoms with Crippen molar-refractivity contribution in [1.82, 2.24) is 10.2 Å². The van der Waals surface area contributed by atoms with E-state index in [1.54, 1.807) is 0 Å². The van der Waals surface area contributed by atoms with Crippen LogP contribution in [0.1, 0.15) is 20.8 Å². The van der Waals surface area contributed by atoms with Crippen LogP contribution in [0.5, 0.6) is 0 Å². The summed E-state index contributed by atoms with van der Waals surface area (Å²) in [5.74, 6) is 0.162. The van der Waals surface area contributed by atoms with Gasteiger partial charge in [-0.25, -0.2) is 0 Å². The quantitative estimate of drug-likeness (QED) is 0.381. The van der Waals surface area contributed by atoms with E-state index >= 15 is 0 Å². The standard InChI is InChI=1S/C17H34N2O5/c1-15(2)17(21)14-19(13-16(3)20)6-8-23-10-12-24-11-9-22-7-5-18-4/h15,18H,5-14H2,1-4H3. The molecule has 0 rings (SSSR count). The summed E-state index contributed by atoms with van der Waals surface area (Å²) in [6.07, 6.45) is 0. The topological polar surface area (TPSA) is 77.1 Å². The fourth-order valence-corrected chi connectivity index (χ4v) is 1.84. The van der Waals surface area contributed by atoms with Crippen LogP contribution in [-0.2, 0) is 23.8 Å². The molecule has 0 aliphatic heterocycles. The molecule has 142 valence electrons. The molecule has 0 aromatic rings. The van der Waals surface area contributed by atoms with Gasteiger partial charge in [0.2, 0.25) is 0 Å². The number of nitrogens with one attached hydrogen (secondary N) is 1. The van der Waals surface area contributed by atoms with Crippen LogP contribution in [0.4, 0.5) is 0 Å². The largest absolute Gasteiger partial charge is 0.378 e. The van der Waals surface area contributed by atoms with Crippen LogP contribution < -0.4 is 5.32 Å². The number of likely N-dealkylation sites (N-methyl/N-ethyl adjacent to an activating group) is 1. The zero-order valence-electron chi connectivity index (χ0n) is 15.6. The minimum atomic E-state index is -0.0240. The highest BCUT2D eigenvalue weighted by atomic mass is 16.5. The normalized spacial score (nSPS) is 11.4. The average Bonchev–Trinajstić information content (AvgIpc) is 2.51. The number of hydrogen-bond acceptors (Lipinski definition) is 7. The van der Waals surface area contributed by atoms with Crippen molar-refractivity contribution in [3.8, 4) is 0 Å². The Morgan fingerprint density at radius 3 is 1.96 bits per heavy atom. The Labute approximate surface area is 146 Å². The molecule has 0 radical (unpaired) electrons. The predicted molar refractivity (Wildman–Crippen MR) is 93.3 cm³/mol. The number of rotatable bonds is 17. The fraction of sp³-hybridized carbons (Fsp3) is 0.882. The van der Waals surface area contributed by atoms with Crippen LogP contribution in [0.3, 0.4) is 0 Å². The van der Waals surface area contributed by atoms with Crippen molar-refractivity contribution in [3.63, 3.8) is 0 Å². The summed E-state index contributed by atoms with van der Waals surface area (Å²) in [7, 11) is 1.88. The second kappa shape index (κ2) is 15.7. The molecule has 7 heteroatoms. The third-order valence-corrected chi connectivity index (χ3v) is 3.26. The Kier molecular flexibility index (Phi) is 15.1. The van der Waals surface area contributed by atoms with Gasteiger partial charge in [0.05, 0.1) is 52.7 Å². The van der Waals surface area contributed by atoms with Crippen molar-refractivity contribution >= 4 is 11.6 Å². The zero-order chi connectivity index (χ0) is 18.2. The Morgan fingerprint density at radius 1 is 0.917 bits per heavy atom. The lowest BCUT2D eigenvalue weighted by Crippen LogP contribution is -2.37. The molecule has 0 saturated heterocycles. The van der Waals surface area contributed by atoms with Crippen molar-refractivity contribution in [1.29, 1.82) is 0 Å². The summed E-state index contributed by atoms with van der Waals surface area (Å²) in [4.78, 5) is 24.9. The molecular weight excluding hydrogens is 312 g/mol. The van der Waals surface area contributed by atoms with Crippen molar-refractivity contribution in [2.45, 2.75) is 20.8 Å². The number of carbonyl (C=O) groups is 2. The van der Waals surface area contributed by atoms with Crippen LogP contribution in [0, 0.1) is 5.92 Å². The van der Waals surface area contributed by atoms with Crippen LogP contribution >= 0.6 is 0 Å². The third kappa shape index (κ3) is 14.7. The van der Waals surface area contributed by atoms with E-state index in [0.29, 0.717) is 52.7 Å². The van der Waals surface area contributed by atoms with Crippen LogP contribution in [-0.4, -0.2) is 89.3 Å². The van der Waals surface area contributed by atoms with E-state index in [9.17, 15) is 9.59 Å². The third-order valence-electron chi connectivity index (χ3n) is 3.26. The second-order valence-electron chi connectivity index (χ2n) is 5.97. The molecule has 0 fully saturated rings. The Hall–Kier alpha value is -0.860. The van der Waals surface area contributed by atoms with Gasteiger partial charge >= 0.3 is 0 Å². The van der Waals surface area contributed by atoms with Crippen LogP contribution in [0.25, 0.3) is 0 Å². The molecule has 0 atom stereocenters. The Bertz CT molecular complexity index is 337. The summed E-state index contributed by atoms with van der Waals surface area (Å²) in [6.45, 7) is 10.5. The predicted octanol–water partition coefficient (Wildman–Crippen LogP) is 0.372. The van der Waals surface area contributed by atoms with E-state index in [2.05, 4.69) is 5.32 Å². The lowest BCUT2D eigenvalue weighted by Gasteiger charge is -2.21. The van der Waals surface area contributed by atoms with Crippen molar-refractivity contribution in [2.75, 3.05) is 72.9 Å². The highest BCUT2D eigenvalue weighted by Crippen LogP contribution is 1.99. The molecule has 0 aliphatic carbocycles. The smallest absolute Gasteiger partial charge is 0.149 e. The molecule has 7 nitrogen and oxygen atoms in total. The first-order valence-electron chi connectivity index (χ1n) is 8.59. The van der Waals surface area contributed by atoms with Gasteiger partial charge in [-0.3, -0.25) is 14.5 Å². The summed E-state index contributed by atoms with van der Waals surface area (Å²) < 4.78 is 16.2. The zero-order valence-corrected chi connectivity index (χ0v) is 15.6. The summed E-state index contributed by atoms with van der Waals surface area (Å²) in [5.41, 5.74) is 0. The summed E-state index contributed by atoms with van der Waals surface area (Å²) in [6, 6.07) is 0. The van der Waals surface area contributed by atoms with Gasteiger partial charge in [0.25, 0.3) is 0 Å². The van der Waals surface area contributed by atoms with Gasteiger partial charge in [-0.05, 0) is 14.0 Å². The van der Waals surface area contributed by atoms with Crippen LogP contribution in [0.15, 0.2) is 0 Å². The van der Waals surface area contributed by atoms with E-state index in [-0.39, 0.29) is 24.0 Å². The molecular formula is C17H34N2O5. The van der Waals surface area contributed by atoms with Crippen LogP contribution in [0.2, 0.25) is 0 Å². The number of nitrogens with zero attached hydrogens (tertiary/aromatic N) is 1. The van der Waals surface area contributed by atoms with Crippen molar-refractivity contribution in [3.05, 3.63) is 0 Å². The maximum atomic E-state index is 11.8. The minimum Gasteiger partial charge on any atom is -0.378 e. The molecule has 1 N–H and O–H groups in total. The van der Waals surface area contributed by atoms with Gasteiger partial charge in [-0.15, -0.1) is 0 Å². The molecule has 0 bridgehead atoms. The van der Waals surface area contributed by atoms with Gasteiger partial charge in [-0.2, -0.15) is 0 Å². The monoisotopic (exact) mass is 346 g/mol. The molecule has 0 unspecified atom stereocenters. The Morgan fingerprint density at radius 2 is 1.46 bits per heavy atom. The minimum absolute atomic E-state index is 0.0240. The maximum Gasteiger partial charge on any atom is 0.149 e. The van der Waals surface area contributed by atoms with Gasteiger partial charge in [0, 0.05) is 19.0 Å². The van der Waals surface area contributed by atoms with E-state index in [1.807, 2.05) is 25.8 Å². The number of ketones is 2. The first kappa shape index (κ1) is 23.1. The molecule has 0 aromatic heterocycles. The molecule has 0 heterocycles. The number of ether oxygens (including phenoxy) is 3. The summed E-state index contributed by atoms with van der Waals surface area (Å²) in [5, 5.41) is 3.00. The number of hydrogen-bond donors (Lipinski definition) is 1. The van der Waals surface area contributed by atoms with Gasteiger partial charge in [-0.1, -0.05) is 13.8 Å². The maximum absolute atomic E-state index is 11.8. The number of carbonyl (C=O) groups excluding carboxylic acids is 2. The van der Waals surface area contributed by atoms with E-state index in [1.165, 1.54) is 6.92 Å². The first-order chi connectivity index (χ1) is 11.5. The molecule has 24 heavy (non-hydrogen) atoms. The van der Waals surface area contributed by atoms with E-state index < -0.39 is 0 Å². The molecule has 0 aromatic carbocycles. The molecule has 0 amide bonds. The number of Topliss-reactive ketones (excluding diaryl/α,β-unsaturated/α-hetero) is 2. The van der Waals surface area contributed by atoms with E-state index in [4.69, 9.17) is 14.2 Å². The van der Waals surface area contributed by atoms with Crippen molar-refractivity contribution in [2.24, 2.45) is 5.92 Å².